The third-order valence-electron chi connectivity index (χ3n) is 3.16. The van der Waals surface area contributed by atoms with Gasteiger partial charge in [0, 0.05) is 26.4 Å². The quantitative estimate of drug-likeness (QED) is 0.851. The van der Waals surface area contributed by atoms with E-state index >= 15 is 0 Å². The maximum absolute atomic E-state index is 5.68. The number of pyridine rings is 1. The number of nitrogens with zero attached hydrogens (tertiary/aromatic N) is 2. The number of hydrogen-bond acceptors (Lipinski definition) is 5. The second-order valence-corrected chi connectivity index (χ2v) is 5.28. The van der Waals surface area contributed by atoms with E-state index in [9.17, 15) is 0 Å². The van der Waals surface area contributed by atoms with Crippen LogP contribution < -0.4 is 4.90 Å². The minimum absolute atomic E-state index is 0.159. The van der Waals surface area contributed by atoms with Crippen LogP contribution >= 0.6 is 11.3 Å². The largest absolute Gasteiger partial charge is 0.382 e. The second kappa shape index (κ2) is 5.22. The molecule has 1 fully saturated rings. The van der Waals surface area contributed by atoms with Crippen molar-refractivity contribution in [2.75, 3.05) is 38.3 Å². The molecule has 0 aromatic carbocycles. The van der Waals surface area contributed by atoms with E-state index in [1.807, 2.05) is 6.20 Å². The molecule has 1 aliphatic heterocycles. The van der Waals surface area contributed by atoms with Gasteiger partial charge in [0.05, 0.1) is 35.2 Å². The molecule has 2 aromatic heterocycles. The Morgan fingerprint density at radius 1 is 1.56 bits per heavy atom. The summed E-state index contributed by atoms with van der Waals surface area (Å²) in [4.78, 5) is 6.75. The Hall–Kier alpha value is -1.17. The van der Waals surface area contributed by atoms with Gasteiger partial charge in [-0.1, -0.05) is 0 Å². The van der Waals surface area contributed by atoms with Crippen LogP contribution in [0.4, 0.5) is 5.69 Å². The zero-order valence-electron chi connectivity index (χ0n) is 10.3. The number of fused-ring (bicyclic) bond motifs is 1. The molecule has 1 saturated heterocycles. The van der Waals surface area contributed by atoms with Crippen molar-refractivity contribution in [2.24, 2.45) is 0 Å². The van der Waals surface area contributed by atoms with E-state index in [4.69, 9.17) is 9.47 Å². The maximum atomic E-state index is 5.68. The van der Waals surface area contributed by atoms with Gasteiger partial charge in [0.2, 0.25) is 0 Å². The number of ether oxygens (including phenoxy) is 2. The SMILES string of the molecule is COCC1CN(c2ccnc3ccsc23)CCO1. The first-order chi connectivity index (χ1) is 8.88. The van der Waals surface area contributed by atoms with Gasteiger partial charge in [-0.05, 0) is 17.5 Å². The molecule has 1 atom stereocenters. The molecule has 1 aliphatic rings. The molecule has 2 aromatic rings. The summed E-state index contributed by atoms with van der Waals surface area (Å²) in [7, 11) is 1.71. The fraction of sp³-hybridized carbons (Fsp3) is 0.462. The van der Waals surface area contributed by atoms with Crippen LogP contribution in [0.2, 0.25) is 0 Å². The van der Waals surface area contributed by atoms with Gasteiger partial charge in [0.25, 0.3) is 0 Å². The van der Waals surface area contributed by atoms with Gasteiger partial charge in [-0.15, -0.1) is 11.3 Å². The molecule has 18 heavy (non-hydrogen) atoms. The maximum Gasteiger partial charge on any atom is 0.0983 e. The summed E-state index contributed by atoms with van der Waals surface area (Å²) in [6, 6.07) is 4.16. The number of anilines is 1. The summed E-state index contributed by atoms with van der Waals surface area (Å²) >= 11 is 1.75. The summed E-state index contributed by atoms with van der Waals surface area (Å²) in [6.45, 7) is 3.21. The molecule has 3 heterocycles. The Morgan fingerprint density at radius 2 is 2.50 bits per heavy atom. The summed E-state index contributed by atoms with van der Waals surface area (Å²) in [5.74, 6) is 0. The third-order valence-corrected chi connectivity index (χ3v) is 4.08. The number of thiophene rings is 1. The van der Waals surface area contributed by atoms with Crippen LogP contribution in [0.3, 0.4) is 0 Å². The molecule has 3 rings (SSSR count). The second-order valence-electron chi connectivity index (χ2n) is 4.36. The summed E-state index contributed by atoms with van der Waals surface area (Å²) in [5, 5.41) is 2.09. The lowest BCUT2D eigenvalue weighted by Crippen LogP contribution is -2.44. The molecule has 5 heteroatoms. The van der Waals surface area contributed by atoms with Crippen molar-refractivity contribution >= 4 is 27.2 Å². The Balaban J connectivity index is 1.87. The molecule has 0 amide bonds. The lowest BCUT2D eigenvalue weighted by Gasteiger charge is -2.34. The Morgan fingerprint density at radius 3 is 3.39 bits per heavy atom. The van der Waals surface area contributed by atoms with E-state index < -0.39 is 0 Å². The highest BCUT2D eigenvalue weighted by Crippen LogP contribution is 2.30. The number of rotatable bonds is 3. The topological polar surface area (TPSA) is 34.6 Å². The highest BCUT2D eigenvalue weighted by molar-refractivity contribution is 7.17. The normalized spacial score (nSPS) is 20.5. The Bertz CT molecular complexity index is 526. The van der Waals surface area contributed by atoms with E-state index in [-0.39, 0.29) is 6.10 Å². The van der Waals surface area contributed by atoms with E-state index in [1.165, 1.54) is 10.4 Å². The van der Waals surface area contributed by atoms with Gasteiger partial charge < -0.3 is 14.4 Å². The van der Waals surface area contributed by atoms with E-state index in [2.05, 4.69) is 27.4 Å². The van der Waals surface area contributed by atoms with Crippen LogP contribution in [-0.2, 0) is 9.47 Å². The minimum atomic E-state index is 0.159. The molecule has 96 valence electrons. The summed E-state index contributed by atoms with van der Waals surface area (Å²) in [5.41, 5.74) is 2.34. The van der Waals surface area contributed by atoms with Gasteiger partial charge in [-0.25, -0.2) is 0 Å². The first-order valence-electron chi connectivity index (χ1n) is 6.06. The molecular formula is C13H16N2O2S. The van der Waals surface area contributed by atoms with Crippen LogP contribution in [0.15, 0.2) is 23.7 Å². The van der Waals surface area contributed by atoms with Crippen molar-refractivity contribution in [1.82, 2.24) is 4.98 Å². The molecule has 4 nitrogen and oxygen atoms in total. The molecule has 0 saturated carbocycles. The predicted molar refractivity (Wildman–Crippen MR) is 73.4 cm³/mol. The van der Waals surface area contributed by atoms with Crippen molar-refractivity contribution < 1.29 is 9.47 Å². The van der Waals surface area contributed by atoms with Gasteiger partial charge in [0.15, 0.2) is 0 Å². The van der Waals surface area contributed by atoms with Crippen molar-refractivity contribution in [3.05, 3.63) is 23.7 Å². The fourth-order valence-corrected chi connectivity index (χ4v) is 3.23. The minimum Gasteiger partial charge on any atom is -0.382 e. The van der Waals surface area contributed by atoms with Crippen LogP contribution in [0.5, 0.6) is 0 Å². The first-order valence-corrected chi connectivity index (χ1v) is 6.94. The van der Waals surface area contributed by atoms with Gasteiger partial charge in [-0.3, -0.25) is 4.98 Å². The monoisotopic (exact) mass is 264 g/mol. The Kier molecular flexibility index (Phi) is 3.45. The fourth-order valence-electron chi connectivity index (χ4n) is 2.33. The van der Waals surface area contributed by atoms with E-state index in [0.717, 1.165) is 25.2 Å². The van der Waals surface area contributed by atoms with Crippen LogP contribution in [0, 0.1) is 0 Å². The number of methoxy groups -OCH3 is 1. The van der Waals surface area contributed by atoms with E-state index in [1.54, 1.807) is 18.4 Å². The average Bonchev–Trinajstić information content (AvgIpc) is 2.87. The van der Waals surface area contributed by atoms with Crippen LogP contribution in [0.25, 0.3) is 10.2 Å². The van der Waals surface area contributed by atoms with Crippen LogP contribution in [0.1, 0.15) is 0 Å². The van der Waals surface area contributed by atoms with Crippen molar-refractivity contribution in [3.8, 4) is 0 Å². The lowest BCUT2D eigenvalue weighted by atomic mass is 10.2. The van der Waals surface area contributed by atoms with Crippen LogP contribution in [-0.4, -0.2) is 44.5 Å². The summed E-state index contributed by atoms with van der Waals surface area (Å²) in [6.07, 6.45) is 2.04. The van der Waals surface area contributed by atoms with Gasteiger partial charge in [0.1, 0.15) is 0 Å². The van der Waals surface area contributed by atoms with Crippen molar-refractivity contribution in [3.63, 3.8) is 0 Å². The smallest absolute Gasteiger partial charge is 0.0983 e. The molecule has 0 aliphatic carbocycles. The molecule has 0 bridgehead atoms. The molecule has 0 radical (unpaired) electrons. The molecule has 0 N–H and O–H groups in total. The van der Waals surface area contributed by atoms with Gasteiger partial charge in [-0.2, -0.15) is 0 Å². The summed E-state index contributed by atoms with van der Waals surface area (Å²) < 4.78 is 12.1. The standard InChI is InChI=1S/C13H16N2O2S/c1-16-9-10-8-15(5-6-17-10)12-2-4-14-11-3-7-18-13(11)12/h2-4,7,10H,5-6,8-9H2,1H3. The molecule has 1 unspecified atom stereocenters. The molecular weight excluding hydrogens is 248 g/mol. The van der Waals surface area contributed by atoms with Gasteiger partial charge >= 0.3 is 0 Å². The first kappa shape index (κ1) is 11.9. The Labute approximate surface area is 110 Å². The highest BCUT2D eigenvalue weighted by Gasteiger charge is 2.22. The average molecular weight is 264 g/mol. The predicted octanol–water partition coefficient (Wildman–Crippen LogP) is 2.15. The highest BCUT2D eigenvalue weighted by atomic mass is 32.1. The number of morpholine rings is 1. The number of hydrogen-bond donors (Lipinski definition) is 0. The van der Waals surface area contributed by atoms with Crippen molar-refractivity contribution in [2.45, 2.75) is 6.10 Å². The lowest BCUT2D eigenvalue weighted by molar-refractivity contribution is -0.00995. The number of aromatic nitrogens is 1. The van der Waals surface area contributed by atoms with Crippen molar-refractivity contribution in [1.29, 1.82) is 0 Å². The zero-order chi connectivity index (χ0) is 12.4. The zero-order valence-corrected chi connectivity index (χ0v) is 11.2. The third kappa shape index (κ3) is 2.21. The molecule has 0 spiro atoms. The van der Waals surface area contributed by atoms with E-state index in [0.29, 0.717) is 6.61 Å².